The molecule has 1 aromatic carbocycles. The summed E-state index contributed by atoms with van der Waals surface area (Å²) in [5, 5.41) is 8.74. The molecule has 0 spiro atoms. The van der Waals surface area contributed by atoms with Crippen LogP contribution < -0.4 is 4.74 Å². The van der Waals surface area contributed by atoms with Crippen LogP contribution in [0.4, 0.5) is 8.78 Å². The van der Waals surface area contributed by atoms with Gasteiger partial charge in [-0.05, 0) is 84.4 Å². The van der Waals surface area contributed by atoms with Crippen molar-refractivity contribution in [3.63, 3.8) is 0 Å². The minimum absolute atomic E-state index is 0.0000398. The van der Waals surface area contributed by atoms with Crippen LogP contribution in [0.15, 0.2) is 41.5 Å². The quantitative estimate of drug-likeness (QED) is 0.360. The second kappa shape index (κ2) is 9.37. The van der Waals surface area contributed by atoms with Gasteiger partial charge in [0.1, 0.15) is 11.6 Å². The molecule has 0 amide bonds. The number of hydrogen-bond acceptors (Lipinski definition) is 2. The largest absolute Gasteiger partial charge is 0.493 e. The molecule has 0 atom stereocenters. The van der Waals surface area contributed by atoms with Crippen LogP contribution >= 0.6 is 0 Å². The Hall–Kier alpha value is -2.43. The van der Waals surface area contributed by atoms with Crippen LogP contribution in [-0.4, -0.2) is 17.7 Å². The van der Waals surface area contributed by atoms with Gasteiger partial charge < -0.3 is 9.84 Å². The van der Waals surface area contributed by atoms with Crippen LogP contribution in [0, 0.1) is 0 Å². The normalized spacial score (nSPS) is 18.9. The van der Waals surface area contributed by atoms with Gasteiger partial charge in [-0.1, -0.05) is 40.7 Å². The first kappa shape index (κ1) is 24.8. The zero-order valence-electron chi connectivity index (χ0n) is 19.7. The monoisotopic (exact) mass is 432 g/mol. The van der Waals surface area contributed by atoms with Crippen molar-refractivity contribution in [1.82, 2.24) is 0 Å². The molecule has 0 unspecified atom stereocenters. The lowest BCUT2D eigenvalue weighted by Gasteiger charge is -2.42. The second-order valence-corrected chi connectivity index (χ2v) is 9.62. The average molecular weight is 433 g/mol. The first-order valence-electron chi connectivity index (χ1n) is 10.8. The Morgan fingerprint density at radius 2 is 1.61 bits per heavy atom. The number of carbonyl (C=O) groups is 1. The smallest absolute Gasteiger partial charge is 0.365 e. The number of carboxylic acids is 1. The van der Waals surface area contributed by atoms with Gasteiger partial charge in [-0.2, -0.15) is 4.39 Å². The number of halogens is 2. The fourth-order valence-electron chi connectivity index (χ4n) is 3.91. The van der Waals surface area contributed by atoms with Gasteiger partial charge in [0, 0.05) is 5.56 Å². The van der Waals surface area contributed by atoms with E-state index >= 15 is 4.39 Å². The topological polar surface area (TPSA) is 46.5 Å². The number of fused-ring (bicyclic) bond motifs is 1. The second-order valence-electron chi connectivity index (χ2n) is 9.62. The summed E-state index contributed by atoms with van der Waals surface area (Å²) in [4.78, 5) is 10.7. The average Bonchev–Trinajstić information content (AvgIpc) is 2.71. The van der Waals surface area contributed by atoms with Gasteiger partial charge in [0.05, 0.1) is 6.61 Å². The summed E-state index contributed by atoms with van der Waals surface area (Å²) in [5.41, 5.74) is 3.26. The van der Waals surface area contributed by atoms with Crippen molar-refractivity contribution >= 4 is 11.5 Å². The predicted octanol–water partition coefficient (Wildman–Crippen LogP) is 7.41. The van der Waals surface area contributed by atoms with E-state index in [0.717, 1.165) is 31.4 Å². The van der Waals surface area contributed by atoms with Crippen molar-refractivity contribution in [2.45, 2.75) is 78.6 Å². The van der Waals surface area contributed by atoms with E-state index in [1.54, 1.807) is 6.92 Å². The Labute approximate surface area is 184 Å². The van der Waals surface area contributed by atoms with Crippen molar-refractivity contribution in [1.29, 1.82) is 0 Å². The third-order valence-electron chi connectivity index (χ3n) is 6.19. The molecule has 0 fully saturated rings. The van der Waals surface area contributed by atoms with E-state index < -0.39 is 17.6 Å². The summed E-state index contributed by atoms with van der Waals surface area (Å²) in [6.45, 7) is 14.3. The number of rotatable bonds is 7. The molecule has 170 valence electrons. The Bertz CT molecular complexity index is 950. The molecule has 1 aromatic rings. The highest BCUT2D eigenvalue weighted by Crippen LogP contribution is 2.48. The summed E-state index contributed by atoms with van der Waals surface area (Å²) in [6, 6.07) is 4.08. The van der Waals surface area contributed by atoms with E-state index in [1.807, 2.05) is 13.0 Å². The molecule has 31 heavy (non-hydrogen) atoms. The molecular weight excluding hydrogens is 398 g/mol. The van der Waals surface area contributed by atoms with E-state index in [2.05, 4.69) is 33.8 Å². The summed E-state index contributed by atoms with van der Waals surface area (Å²) < 4.78 is 34.6. The molecule has 3 nitrogen and oxygen atoms in total. The van der Waals surface area contributed by atoms with Crippen LogP contribution in [-0.2, 0) is 15.6 Å². The number of hydrogen-bond donors (Lipinski definition) is 1. The first-order chi connectivity index (χ1) is 14.3. The number of aliphatic carboxylic acids is 1. The van der Waals surface area contributed by atoms with Gasteiger partial charge in [-0.3, -0.25) is 0 Å². The fraction of sp³-hybridized carbons (Fsp3) is 0.500. The first-order valence-corrected chi connectivity index (χ1v) is 10.8. The van der Waals surface area contributed by atoms with Crippen LogP contribution in [0.5, 0.6) is 5.75 Å². The maximum Gasteiger partial charge on any atom is 0.365 e. The summed E-state index contributed by atoms with van der Waals surface area (Å²) in [6.07, 6.45) is 5.16. The SMILES string of the molecule is CCCOc1cc2c(cc1\C(C)=C(F)/C=C/C(C)=C(\F)C(=O)O)C(C)(C)CCC2(C)C. The molecule has 0 radical (unpaired) electrons. The zero-order valence-corrected chi connectivity index (χ0v) is 19.7. The number of allylic oxidation sites excluding steroid dienone is 5. The van der Waals surface area contributed by atoms with E-state index in [0.29, 0.717) is 23.5 Å². The number of ether oxygens (including phenoxy) is 1. The Morgan fingerprint density at radius 1 is 1.06 bits per heavy atom. The fourth-order valence-corrected chi connectivity index (χ4v) is 3.91. The molecule has 1 aliphatic rings. The lowest BCUT2D eigenvalue weighted by molar-refractivity contribution is -0.134. The summed E-state index contributed by atoms with van der Waals surface area (Å²) in [7, 11) is 0. The predicted molar refractivity (Wildman–Crippen MR) is 122 cm³/mol. The maximum absolute atomic E-state index is 15.0. The zero-order chi connectivity index (χ0) is 23.6. The molecule has 0 saturated carbocycles. The third kappa shape index (κ3) is 5.44. The van der Waals surface area contributed by atoms with E-state index in [1.165, 1.54) is 18.1 Å². The van der Waals surface area contributed by atoms with Crippen molar-refractivity contribution in [2.75, 3.05) is 6.61 Å². The van der Waals surface area contributed by atoms with E-state index in [4.69, 9.17) is 9.84 Å². The highest BCUT2D eigenvalue weighted by atomic mass is 19.1. The van der Waals surface area contributed by atoms with Crippen molar-refractivity contribution < 1.29 is 23.4 Å². The summed E-state index contributed by atoms with van der Waals surface area (Å²) in [5.74, 6) is -2.90. The molecule has 2 rings (SSSR count). The Morgan fingerprint density at radius 3 is 2.13 bits per heavy atom. The van der Waals surface area contributed by atoms with Crippen molar-refractivity contribution in [2.24, 2.45) is 0 Å². The van der Waals surface area contributed by atoms with Crippen molar-refractivity contribution in [3.8, 4) is 5.75 Å². The molecule has 0 bridgehead atoms. The molecule has 1 N–H and O–H groups in total. The standard InChI is InChI=1S/C26H34F2O3/c1-8-13-31-22-15-20-19(25(4,5)11-12-26(20,6)7)14-18(22)17(3)21(27)10-9-16(2)23(28)24(29)30/h9-10,14-15H,8,11-13H2,1-7H3,(H,29,30)/b10-9+,21-17+,23-16-. The third-order valence-corrected chi connectivity index (χ3v) is 6.19. The Balaban J connectivity index is 2.64. The minimum atomic E-state index is -1.67. The van der Waals surface area contributed by atoms with Crippen LogP contribution in [0.2, 0.25) is 0 Å². The lowest BCUT2D eigenvalue weighted by atomic mass is 9.62. The minimum Gasteiger partial charge on any atom is -0.493 e. The van der Waals surface area contributed by atoms with Gasteiger partial charge in [-0.25, -0.2) is 9.18 Å². The van der Waals surface area contributed by atoms with Gasteiger partial charge in [-0.15, -0.1) is 0 Å². The molecule has 0 saturated heterocycles. The highest BCUT2D eigenvalue weighted by molar-refractivity contribution is 5.85. The van der Waals surface area contributed by atoms with Crippen LogP contribution in [0.25, 0.3) is 5.57 Å². The van der Waals surface area contributed by atoms with Crippen LogP contribution in [0.1, 0.15) is 84.4 Å². The van der Waals surface area contributed by atoms with Gasteiger partial charge in [0.2, 0.25) is 5.83 Å². The molecular formula is C26H34F2O3. The number of carboxylic acid groups (broad SMARTS) is 1. The maximum atomic E-state index is 15.0. The number of benzene rings is 1. The molecule has 1 aliphatic carbocycles. The molecule has 0 aliphatic heterocycles. The highest BCUT2D eigenvalue weighted by Gasteiger charge is 2.38. The van der Waals surface area contributed by atoms with Crippen molar-refractivity contribution in [3.05, 3.63) is 58.2 Å². The van der Waals surface area contributed by atoms with E-state index in [9.17, 15) is 9.18 Å². The van der Waals surface area contributed by atoms with Gasteiger partial charge in [0.15, 0.2) is 0 Å². The summed E-state index contributed by atoms with van der Waals surface area (Å²) >= 11 is 0. The van der Waals surface area contributed by atoms with E-state index in [-0.39, 0.29) is 16.4 Å². The Kier molecular flexibility index (Phi) is 7.51. The molecule has 0 heterocycles. The molecule has 0 aromatic heterocycles. The van der Waals surface area contributed by atoms with Gasteiger partial charge >= 0.3 is 5.97 Å². The lowest BCUT2D eigenvalue weighted by Crippen LogP contribution is -2.34. The van der Waals surface area contributed by atoms with Gasteiger partial charge in [0.25, 0.3) is 0 Å². The molecule has 5 heteroatoms. The van der Waals surface area contributed by atoms with Crippen LogP contribution in [0.3, 0.4) is 0 Å².